The van der Waals surface area contributed by atoms with E-state index in [-0.39, 0.29) is 28.8 Å². The highest BCUT2D eigenvalue weighted by molar-refractivity contribution is 5.91. The Balaban J connectivity index is 1.98. The zero-order valence-corrected chi connectivity index (χ0v) is 23.7. The van der Waals surface area contributed by atoms with E-state index in [0.29, 0.717) is 19.3 Å². The minimum atomic E-state index is -5.35. The highest BCUT2D eigenvalue weighted by Crippen LogP contribution is 2.57. The molecule has 1 aliphatic heterocycles. The van der Waals surface area contributed by atoms with Gasteiger partial charge in [-0.25, -0.2) is 9.59 Å². The summed E-state index contributed by atoms with van der Waals surface area (Å²) in [6.07, 6.45) is -18.6. The molecule has 0 bridgehead atoms. The number of hydrogen-bond donors (Lipinski definition) is 0. The van der Waals surface area contributed by atoms with Crippen molar-refractivity contribution in [3.63, 3.8) is 0 Å². The van der Waals surface area contributed by atoms with E-state index >= 15 is 13.2 Å². The van der Waals surface area contributed by atoms with Crippen molar-refractivity contribution >= 4 is 17.9 Å². The average molecular weight is 641 g/mol. The van der Waals surface area contributed by atoms with Crippen molar-refractivity contribution in [1.29, 1.82) is 0 Å². The summed E-state index contributed by atoms with van der Waals surface area (Å²) in [6.45, 7) is 1.77. The van der Waals surface area contributed by atoms with Crippen LogP contribution in [0.4, 0.5) is 54.8 Å². The fourth-order valence-electron chi connectivity index (χ4n) is 5.85. The summed E-state index contributed by atoms with van der Waals surface area (Å²) in [5, 5.41) is 0. The number of hydrogen-bond acceptors (Lipinski definition) is 4. The summed E-state index contributed by atoms with van der Waals surface area (Å²) in [5.41, 5.74) is -8.57. The van der Waals surface area contributed by atoms with Crippen molar-refractivity contribution in [3.05, 3.63) is 64.7 Å². The highest BCUT2D eigenvalue weighted by Gasteiger charge is 2.66. The zero-order chi connectivity index (χ0) is 32.8. The third kappa shape index (κ3) is 6.14. The van der Waals surface area contributed by atoms with Crippen molar-refractivity contribution < 1.29 is 58.6 Å². The normalized spacial score (nSPS) is 21.0. The predicted molar refractivity (Wildman–Crippen MR) is 138 cm³/mol. The monoisotopic (exact) mass is 640 g/mol. The number of carbonyl (C=O) groups excluding carboxylic acids is 2. The summed E-state index contributed by atoms with van der Waals surface area (Å²) < 4.78 is 139. The van der Waals surface area contributed by atoms with Crippen LogP contribution in [0.25, 0.3) is 0 Å². The molecule has 2 aromatic carbocycles. The Hall–Kier alpha value is -3.65. The van der Waals surface area contributed by atoms with Crippen molar-refractivity contribution in [2.45, 2.75) is 82.3 Å². The Morgan fingerprint density at radius 3 is 1.98 bits per heavy atom. The molecule has 0 aromatic heterocycles. The van der Waals surface area contributed by atoms with Gasteiger partial charge in [-0.15, -0.1) is 0 Å². The van der Waals surface area contributed by atoms with Gasteiger partial charge in [-0.2, -0.15) is 39.5 Å². The molecule has 2 aliphatic rings. The van der Waals surface area contributed by atoms with Crippen LogP contribution in [-0.2, 0) is 33.9 Å². The Morgan fingerprint density at radius 1 is 0.955 bits per heavy atom. The number of alkyl halides is 9. The van der Waals surface area contributed by atoms with E-state index in [2.05, 4.69) is 4.74 Å². The van der Waals surface area contributed by atoms with E-state index < -0.39 is 89.5 Å². The molecule has 44 heavy (non-hydrogen) atoms. The van der Waals surface area contributed by atoms with Crippen molar-refractivity contribution in [2.24, 2.45) is 5.92 Å². The third-order valence-electron chi connectivity index (χ3n) is 7.99. The second-order valence-electron chi connectivity index (χ2n) is 11.1. The molecule has 1 heterocycles. The lowest BCUT2D eigenvalue weighted by Crippen LogP contribution is -2.65. The van der Waals surface area contributed by atoms with E-state index in [9.17, 15) is 35.9 Å². The van der Waals surface area contributed by atoms with Gasteiger partial charge in [0.15, 0.2) is 5.54 Å². The number of benzene rings is 2. The van der Waals surface area contributed by atoms with Crippen LogP contribution in [0.1, 0.15) is 61.8 Å². The Kier molecular flexibility index (Phi) is 8.84. The molecular weight excluding hydrogens is 611 g/mol. The van der Waals surface area contributed by atoms with Crippen LogP contribution in [0.2, 0.25) is 0 Å². The van der Waals surface area contributed by atoms with E-state index in [0.717, 1.165) is 18.1 Å². The van der Waals surface area contributed by atoms with E-state index in [1.165, 1.54) is 18.2 Å². The molecule has 1 saturated carbocycles. The molecule has 0 radical (unpaired) electrons. The minimum absolute atomic E-state index is 0.109. The van der Waals surface area contributed by atoms with Gasteiger partial charge in [0.05, 0.1) is 36.6 Å². The first-order chi connectivity index (χ1) is 20.3. The smallest absolute Gasteiger partial charge is 0.416 e. The minimum Gasteiger partial charge on any atom is -0.453 e. The van der Waals surface area contributed by atoms with Crippen molar-refractivity contribution in [1.82, 2.24) is 4.90 Å². The maximum atomic E-state index is 15.6. The Bertz CT molecular complexity index is 1350. The molecule has 6 nitrogen and oxygen atoms in total. The number of ether oxygens (including phenoxy) is 2. The Morgan fingerprint density at radius 2 is 1.52 bits per heavy atom. The largest absolute Gasteiger partial charge is 0.453 e. The van der Waals surface area contributed by atoms with Crippen molar-refractivity contribution in [2.75, 3.05) is 12.0 Å². The first kappa shape index (κ1) is 33.2. The lowest BCUT2D eigenvalue weighted by molar-refractivity contribution is -0.239. The molecule has 242 valence electrons. The van der Waals surface area contributed by atoms with E-state index in [1.807, 2.05) is 0 Å². The van der Waals surface area contributed by atoms with Gasteiger partial charge in [0, 0.05) is 18.0 Å². The summed E-state index contributed by atoms with van der Waals surface area (Å²) >= 11 is 0. The SMILES string of the molecule is COC(=O)N(Cc1cc(C(F)(F)F)cc(C(F)(F)F)c1)[C@@]1(C(F)(F)F)C[C@@H](C2CCC2)N(C(=O)OC(C)C)c2ccccc21. The van der Waals surface area contributed by atoms with Gasteiger partial charge in [0.2, 0.25) is 0 Å². The third-order valence-corrected chi connectivity index (χ3v) is 7.99. The van der Waals surface area contributed by atoms with Gasteiger partial charge in [0.25, 0.3) is 0 Å². The van der Waals surface area contributed by atoms with E-state index in [4.69, 9.17) is 4.74 Å². The number of anilines is 1. The van der Waals surface area contributed by atoms with E-state index in [1.54, 1.807) is 13.8 Å². The number of para-hydroxylation sites is 1. The number of fused-ring (bicyclic) bond motifs is 1. The van der Waals surface area contributed by atoms with Crippen LogP contribution in [0.15, 0.2) is 42.5 Å². The van der Waals surface area contributed by atoms with Gasteiger partial charge < -0.3 is 9.47 Å². The molecule has 0 N–H and O–H groups in total. The second kappa shape index (κ2) is 11.7. The summed E-state index contributed by atoms with van der Waals surface area (Å²) in [4.78, 5) is 27.7. The number of rotatable bonds is 5. The summed E-state index contributed by atoms with van der Waals surface area (Å²) in [6, 6.07) is 4.00. The highest BCUT2D eigenvalue weighted by atomic mass is 19.4. The van der Waals surface area contributed by atoms with Crippen molar-refractivity contribution in [3.8, 4) is 0 Å². The molecule has 2 amide bonds. The van der Waals surface area contributed by atoms with Crippen LogP contribution in [0.3, 0.4) is 0 Å². The zero-order valence-electron chi connectivity index (χ0n) is 23.7. The molecule has 1 fully saturated rings. The molecule has 2 atom stereocenters. The number of methoxy groups -OCH3 is 1. The quantitative estimate of drug-likeness (QED) is 0.307. The molecule has 4 rings (SSSR count). The molecule has 1 aliphatic carbocycles. The van der Waals surface area contributed by atoms with Gasteiger partial charge >= 0.3 is 30.7 Å². The second-order valence-corrected chi connectivity index (χ2v) is 11.1. The molecule has 2 aromatic rings. The van der Waals surface area contributed by atoms with Crippen LogP contribution >= 0.6 is 0 Å². The molecule has 15 heteroatoms. The van der Waals surface area contributed by atoms with Gasteiger partial charge in [-0.3, -0.25) is 9.80 Å². The lowest BCUT2D eigenvalue weighted by atomic mass is 9.68. The topological polar surface area (TPSA) is 59.1 Å². The maximum absolute atomic E-state index is 15.6. The van der Waals surface area contributed by atoms with Gasteiger partial charge in [-0.1, -0.05) is 24.6 Å². The molecule has 0 spiro atoms. The van der Waals surface area contributed by atoms with Crippen LogP contribution in [0, 0.1) is 5.92 Å². The van der Waals surface area contributed by atoms with Crippen LogP contribution in [0.5, 0.6) is 0 Å². The number of amides is 2. The first-order valence-corrected chi connectivity index (χ1v) is 13.6. The number of halogens is 9. The molecule has 0 saturated heterocycles. The fraction of sp³-hybridized carbons (Fsp3) is 0.517. The number of nitrogens with zero attached hydrogens (tertiary/aromatic N) is 2. The van der Waals surface area contributed by atoms with Gasteiger partial charge in [0.1, 0.15) is 0 Å². The van der Waals surface area contributed by atoms with Crippen LogP contribution in [-0.4, -0.2) is 42.5 Å². The molecule has 0 unspecified atom stereocenters. The first-order valence-electron chi connectivity index (χ1n) is 13.6. The van der Waals surface area contributed by atoms with Gasteiger partial charge in [-0.05, 0) is 62.4 Å². The molecular formula is C29H29F9N2O4. The maximum Gasteiger partial charge on any atom is 0.416 e. The standard InChI is InChI=1S/C29H29F9N2O4/c1-16(2)44-25(42)40-22-10-5-4-9-21(22)26(29(36,37)38,14-23(40)18-7-6-8-18)39(24(41)43-3)15-17-11-19(27(30,31)32)13-20(12-17)28(33,34)35/h4-5,9-13,16,18,23H,6-8,14-15H2,1-3H3/t23-,26-/m0/s1. The fourth-order valence-corrected chi connectivity index (χ4v) is 5.85. The average Bonchev–Trinajstić information content (AvgIpc) is 2.87. The predicted octanol–water partition coefficient (Wildman–Crippen LogP) is 8.67. The number of carbonyl (C=O) groups is 2. The Labute approximate surface area is 246 Å². The summed E-state index contributed by atoms with van der Waals surface area (Å²) in [7, 11) is 0.747. The van der Waals surface area contributed by atoms with Crippen LogP contribution < -0.4 is 4.90 Å². The lowest BCUT2D eigenvalue weighted by Gasteiger charge is -2.54. The summed E-state index contributed by atoms with van der Waals surface area (Å²) in [5.74, 6) is -0.463.